The zero-order valence-electron chi connectivity index (χ0n) is 12.6. The molecule has 1 fully saturated rings. The standard InChI is InChI=1S/C15H17N5S2/c1-10-11(2)22-15(18-10)20-6-4-19(5-7-20)13-12-3-8-21-14(12)17-9-16-13/h3,8-9H,4-7H2,1-2H3. The molecule has 22 heavy (non-hydrogen) atoms. The first-order chi connectivity index (χ1) is 10.7. The Labute approximate surface area is 137 Å². The van der Waals surface area contributed by atoms with E-state index in [0.717, 1.165) is 47.7 Å². The van der Waals surface area contributed by atoms with Gasteiger partial charge in [-0.05, 0) is 25.3 Å². The number of nitrogens with zero attached hydrogens (tertiary/aromatic N) is 5. The first-order valence-electron chi connectivity index (χ1n) is 7.34. The highest BCUT2D eigenvalue weighted by atomic mass is 32.1. The second kappa shape index (κ2) is 5.48. The molecule has 7 heteroatoms. The fourth-order valence-corrected chi connectivity index (χ4v) is 4.42. The molecule has 0 unspecified atom stereocenters. The minimum absolute atomic E-state index is 0.972. The van der Waals surface area contributed by atoms with Gasteiger partial charge in [0.15, 0.2) is 5.13 Å². The summed E-state index contributed by atoms with van der Waals surface area (Å²) in [6.45, 7) is 8.14. The molecule has 0 spiro atoms. The van der Waals surface area contributed by atoms with Crippen molar-refractivity contribution < 1.29 is 0 Å². The molecule has 0 saturated carbocycles. The predicted octanol–water partition coefficient (Wildman–Crippen LogP) is 3.09. The Bertz CT molecular complexity index is 782. The lowest BCUT2D eigenvalue weighted by molar-refractivity contribution is 0.647. The van der Waals surface area contributed by atoms with Crippen LogP contribution in [0.3, 0.4) is 0 Å². The maximum atomic E-state index is 4.68. The largest absolute Gasteiger partial charge is 0.352 e. The predicted molar refractivity (Wildman–Crippen MR) is 93.4 cm³/mol. The van der Waals surface area contributed by atoms with E-state index in [1.807, 2.05) is 0 Å². The van der Waals surface area contributed by atoms with Crippen molar-refractivity contribution >= 4 is 43.8 Å². The van der Waals surface area contributed by atoms with E-state index in [9.17, 15) is 0 Å². The van der Waals surface area contributed by atoms with E-state index in [1.165, 1.54) is 10.3 Å². The number of rotatable bonds is 2. The monoisotopic (exact) mass is 331 g/mol. The maximum Gasteiger partial charge on any atom is 0.185 e. The molecule has 5 nitrogen and oxygen atoms in total. The first kappa shape index (κ1) is 13.9. The van der Waals surface area contributed by atoms with Crippen molar-refractivity contribution in [2.24, 2.45) is 0 Å². The van der Waals surface area contributed by atoms with Gasteiger partial charge in [0.05, 0.1) is 11.1 Å². The van der Waals surface area contributed by atoms with Crippen molar-refractivity contribution in [1.82, 2.24) is 15.0 Å². The van der Waals surface area contributed by atoms with Gasteiger partial charge < -0.3 is 9.80 Å². The lowest BCUT2D eigenvalue weighted by Gasteiger charge is -2.35. The van der Waals surface area contributed by atoms with Crippen LogP contribution in [-0.2, 0) is 0 Å². The summed E-state index contributed by atoms with van der Waals surface area (Å²) in [4.78, 5) is 20.6. The number of piperazine rings is 1. The fourth-order valence-electron chi connectivity index (χ4n) is 2.73. The van der Waals surface area contributed by atoms with Crippen molar-refractivity contribution in [3.05, 3.63) is 28.3 Å². The van der Waals surface area contributed by atoms with Crippen molar-refractivity contribution in [3.8, 4) is 0 Å². The Morgan fingerprint density at radius 3 is 2.55 bits per heavy atom. The Balaban J connectivity index is 1.53. The summed E-state index contributed by atoms with van der Waals surface area (Å²) >= 11 is 3.46. The van der Waals surface area contributed by atoms with Crippen molar-refractivity contribution in [1.29, 1.82) is 0 Å². The first-order valence-corrected chi connectivity index (χ1v) is 9.04. The Morgan fingerprint density at radius 2 is 1.82 bits per heavy atom. The summed E-state index contributed by atoms with van der Waals surface area (Å²) in [7, 11) is 0. The number of hydrogen-bond donors (Lipinski definition) is 0. The lowest BCUT2D eigenvalue weighted by Crippen LogP contribution is -2.46. The molecule has 0 N–H and O–H groups in total. The molecule has 0 amide bonds. The molecule has 4 heterocycles. The molecule has 3 aromatic rings. The summed E-state index contributed by atoms with van der Waals surface area (Å²) < 4.78 is 0. The number of anilines is 2. The van der Waals surface area contributed by atoms with Crippen molar-refractivity contribution in [2.45, 2.75) is 13.8 Å². The molecule has 0 aliphatic carbocycles. The highest BCUT2D eigenvalue weighted by Crippen LogP contribution is 2.29. The molecule has 114 valence electrons. The minimum Gasteiger partial charge on any atom is -0.352 e. The summed E-state index contributed by atoms with van der Waals surface area (Å²) in [5, 5.41) is 4.40. The van der Waals surface area contributed by atoms with Gasteiger partial charge in [0.1, 0.15) is 17.0 Å². The topological polar surface area (TPSA) is 45.2 Å². The maximum absolute atomic E-state index is 4.68. The van der Waals surface area contributed by atoms with E-state index in [1.54, 1.807) is 29.0 Å². The smallest absolute Gasteiger partial charge is 0.185 e. The zero-order chi connectivity index (χ0) is 15.1. The van der Waals surface area contributed by atoms with Gasteiger partial charge in [-0.15, -0.1) is 22.7 Å². The molecule has 1 aliphatic rings. The number of fused-ring (bicyclic) bond motifs is 1. The van der Waals surface area contributed by atoms with Crippen LogP contribution in [0.5, 0.6) is 0 Å². The third-order valence-corrected chi connectivity index (χ3v) is 6.06. The van der Waals surface area contributed by atoms with E-state index in [0.29, 0.717) is 0 Å². The van der Waals surface area contributed by atoms with Gasteiger partial charge in [0.2, 0.25) is 0 Å². The second-order valence-electron chi connectivity index (χ2n) is 5.45. The summed E-state index contributed by atoms with van der Waals surface area (Å²) in [6.07, 6.45) is 1.67. The molecule has 0 atom stereocenters. The van der Waals surface area contributed by atoms with Crippen LogP contribution in [0.25, 0.3) is 10.2 Å². The third kappa shape index (κ3) is 2.34. The highest BCUT2D eigenvalue weighted by Gasteiger charge is 2.22. The average molecular weight is 331 g/mol. The van der Waals surface area contributed by atoms with Crippen LogP contribution in [0.1, 0.15) is 10.6 Å². The fraction of sp³-hybridized carbons (Fsp3) is 0.400. The van der Waals surface area contributed by atoms with Gasteiger partial charge in [0, 0.05) is 31.1 Å². The molecular weight excluding hydrogens is 314 g/mol. The number of aryl methyl sites for hydroxylation is 2. The van der Waals surface area contributed by atoms with Crippen LogP contribution in [0.2, 0.25) is 0 Å². The second-order valence-corrected chi connectivity index (χ2v) is 7.53. The van der Waals surface area contributed by atoms with E-state index in [2.05, 4.69) is 50.0 Å². The summed E-state index contributed by atoms with van der Waals surface area (Å²) in [5.74, 6) is 1.07. The van der Waals surface area contributed by atoms with Gasteiger partial charge in [-0.2, -0.15) is 0 Å². The van der Waals surface area contributed by atoms with Gasteiger partial charge in [-0.3, -0.25) is 0 Å². The van der Waals surface area contributed by atoms with Crippen LogP contribution in [0.15, 0.2) is 17.8 Å². The Hall–Kier alpha value is -1.73. The third-order valence-electron chi connectivity index (χ3n) is 4.11. The summed E-state index contributed by atoms with van der Waals surface area (Å²) in [5.41, 5.74) is 1.15. The lowest BCUT2D eigenvalue weighted by atomic mass is 10.3. The van der Waals surface area contributed by atoms with Gasteiger partial charge in [0.25, 0.3) is 0 Å². The van der Waals surface area contributed by atoms with Crippen LogP contribution in [0, 0.1) is 13.8 Å². The van der Waals surface area contributed by atoms with Gasteiger partial charge >= 0.3 is 0 Å². The van der Waals surface area contributed by atoms with Crippen molar-refractivity contribution in [2.75, 3.05) is 36.0 Å². The van der Waals surface area contributed by atoms with Crippen LogP contribution < -0.4 is 9.80 Å². The molecule has 3 aromatic heterocycles. The SMILES string of the molecule is Cc1nc(N2CCN(c3ncnc4sccc34)CC2)sc1C. The summed E-state index contributed by atoms with van der Waals surface area (Å²) in [6, 6.07) is 2.12. The molecule has 1 saturated heterocycles. The van der Waals surface area contributed by atoms with Gasteiger partial charge in [-0.25, -0.2) is 15.0 Å². The van der Waals surface area contributed by atoms with E-state index < -0.39 is 0 Å². The number of thiazole rings is 1. The van der Waals surface area contributed by atoms with E-state index in [-0.39, 0.29) is 0 Å². The molecule has 0 aromatic carbocycles. The molecule has 1 aliphatic heterocycles. The minimum atomic E-state index is 0.972. The molecule has 0 radical (unpaired) electrons. The van der Waals surface area contributed by atoms with E-state index >= 15 is 0 Å². The quantitative estimate of drug-likeness (QED) is 0.722. The molecular formula is C15H17N5S2. The highest BCUT2D eigenvalue weighted by molar-refractivity contribution is 7.16. The van der Waals surface area contributed by atoms with E-state index in [4.69, 9.17) is 0 Å². The van der Waals surface area contributed by atoms with Crippen LogP contribution in [-0.4, -0.2) is 41.1 Å². The zero-order valence-corrected chi connectivity index (χ0v) is 14.2. The van der Waals surface area contributed by atoms with Crippen molar-refractivity contribution in [3.63, 3.8) is 0 Å². The van der Waals surface area contributed by atoms with Gasteiger partial charge in [-0.1, -0.05) is 0 Å². The van der Waals surface area contributed by atoms with Crippen LogP contribution in [0.4, 0.5) is 10.9 Å². The Kier molecular flexibility index (Phi) is 3.46. The Morgan fingerprint density at radius 1 is 1.05 bits per heavy atom. The van der Waals surface area contributed by atoms with Crippen LogP contribution >= 0.6 is 22.7 Å². The number of hydrogen-bond acceptors (Lipinski definition) is 7. The number of aromatic nitrogens is 3. The number of thiophene rings is 1. The molecule has 4 rings (SSSR count). The molecule has 0 bridgehead atoms. The average Bonchev–Trinajstić information content (AvgIpc) is 3.14. The normalized spacial score (nSPS) is 15.7.